The first kappa shape index (κ1) is 18.9. The van der Waals surface area contributed by atoms with Crippen molar-refractivity contribution in [2.45, 2.75) is 18.1 Å². The minimum absolute atomic E-state index is 0. The summed E-state index contributed by atoms with van der Waals surface area (Å²) in [5.41, 5.74) is 2.13. The number of anilines is 1. The van der Waals surface area contributed by atoms with Crippen molar-refractivity contribution in [3.8, 4) is 0 Å². The van der Waals surface area contributed by atoms with Gasteiger partial charge in [-0.15, -0.1) is 12.6 Å². The van der Waals surface area contributed by atoms with Crippen LogP contribution in [0.3, 0.4) is 0 Å². The second kappa shape index (κ2) is 7.90. The average Bonchev–Trinajstić information content (AvgIpc) is 2.33. The van der Waals surface area contributed by atoms with Gasteiger partial charge in [-0.2, -0.15) is 0 Å². The first-order chi connectivity index (χ1) is 8.87. The summed E-state index contributed by atoms with van der Waals surface area (Å²) < 4.78 is 37.7. The molecular formula is C12H17BF3KN2S. The van der Waals surface area contributed by atoms with E-state index in [4.69, 9.17) is 0 Å². The predicted octanol–water partition coefficient (Wildman–Crippen LogP) is -0.374. The molecule has 1 N–H and O–H groups in total. The van der Waals surface area contributed by atoms with Gasteiger partial charge in [0.15, 0.2) is 0 Å². The number of nitrogens with zero attached hydrogens (tertiary/aromatic N) is 1. The van der Waals surface area contributed by atoms with Crippen molar-refractivity contribution in [3.05, 3.63) is 23.3 Å². The summed E-state index contributed by atoms with van der Waals surface area (Å²) >= 11 is 4.30. The minimum Gasteiger partial charge on any atom is -0.449 e. The quantitative estimate of drug-likeness (QED) is 0.581. The first-order valence-corrected chi connectivity index (χ1v) is 6.81. The van der Waals surface area contributed by atoms with E-state index in [9.17, 15) is 12.9 Å². The van der Waals surface area contributed by atoms with E-state index in [2.05, 4.69) is 22.8 Å². The molecule has 20 heavy (non-hydrogen) atoms. The molecule has 1 heterocycles. The Bertz CT molecular complexity index is 465. The number of hydrogen-bond donors (Lipinski definition) is 2. The molecule has 8 heteroatoms. The van der Waals surface area contributed by atoms with E-state index in [1.165, 1.54) is 6.07 Å². The molecule has 0 amide bonds. The fourth-order valence-electron chi connectivity index (χ4n) is 2.36. The molecule has 1 aromatic rings. The van der Waals surface area contributed by atoms with E-state index < -0.39 is 13.3 Å². The summed E-state index contributed by atoms with van der Waals surface area (Å²) in [6.45, 7) is 0.435. The Morgan fingerprint density at radius 3 is 2.40 bits per heavy atom. The van der Waals surface area contributed by atoms with E-state index in [-0.39, 0.29) is 51.4 Å². The third-order valence-electron chi connectivity index (χ3n) is 3.34. The van der Waals surface area contributed by atoms with Crippen LogP contribution in [0.15, 0.2) is 17.0 Å². The van der Waals surface area contributed by atoms with Gasteiger partial charge in [0.1, 0.15) is 0 Å². The number of rotatable bonds is 3. The van der Waals surface area contributed by atoms with Crippen LogP contribution < -0.4 is 61.6 Å². The van der Waals surface area contributed by atoms with Crippen LogP contribution in [0.4, 0.5) is 18.6 Å². The normalized spacial score (nSPS) is 15.9. The van der Waals surface area contributed by atoms with Crippen LogP contribution in [-0.2, 0) is 6.32 Å². The third kappa shape index (κ3) is 5.23. The Morgan fingerprint density at radius 2 is 1.85 bits per heavy atom. The molecule has 2 rings (SSSR count). The standard InChI is InChI=1S/C12H17BF3N2S.K/c1-9-11(18-4-2-17-3-5-18)6-10(7-12(9)19)8-13(14,15)16;/h6-7,17,19H,2-5,8H2,1H3;/q-1;+1. The Balaban J connectivity index is 0.00000200. The molecule has 0 unspecified atom stereocenters. The second-order valence-electron chi connectivity index (χ2n) is 4.91. The maximum absolute atomic E-state index is 12.6. The number of hydrogen-bond acceptors (Lipinski definition) is 3. The molecule has 0 aromatic heterocycles. The molecule has 0 aliphatic carbocycles. The number of thiol groups is 1. The van der Waals surface area contributed by atoms with Crippen LogP contribution in [0.5, 0.6) is 0 Å². The van der Waals surface area contributed by atoms with E-state index in [1.807, 2.05) is 6.92 Å². The summed E-state index contributed by atoms with van der Waals surface area (Å²) in [5, 5.41) is 3.23. The SMILES string of the molecule is Cc1c(S)cc(C[B-](F)(F)F)cc1N1CCNCC1.[K+]. The minimum atomic E-state index is -4.81. The van der Waals surface area contributed by atoms with E-state index >= 15 is 0 Å². The van der Waals surface area contributed by atoms with Crippen molar-refractivity contribution in [1.29, 1.82) is 0 Å². The fraction of sp³-hybridized carbons (Fsp3) is 0.500. The molecule has 0 spiro atoms. The monoisotopic (exact) mass is 328 g/mol. The van der Waals surface area contributed by atoms with Gasteiger partial charge in [0, 0.05) is 36.8 Å². The Morgan fingerprint density at radius 1 is 1.25 bits per heavy atom. The average molecular weight is 328 g/mol. The maximum atomic E-state index is 12.6. The van der Waals surface area contributed by atoms with Gasteiger partial charge >= 0.3 is 58.4 Å². The predicted molar refractivity (Wildman–Crippen MR) is 76.3 cm³/mol. The van der Waals surface area contributed by atoms with Gasteiger partial charge in [-0.3, -0.25) is 0 Å². The molecule has 0 saturated carbocycles. The summed E-state index contributed by atoms with van der Waals surface area (Å²) in [6, 6.07) is 3.19. The van der Waals surface area contributed by atoms with Crippen LogP contribution >= 0.6 is 12.6 Å². The van der Waals surface area contributed by atoms with E-state index in [0.717, 1.165) is 37.4 Å². The van der Waals surface area contributed by atoms with Crippen LogP contribution in [0.2, 0.25) is 0 Å². The van der Waals surface area contributed by atoms with Crippen LogP contribution in [-0.4, -0.2) is 33.2 Å². The van der Waals surface area contributed by atoms with E-state index in [0.29, 0.717) is 10.5 Å². The molecule has 1 saturated heterocycles. The molecule has 1 fully saturated rings. The van der Waals surface area contributed by atoms with Gasteiger partial charge in [0.2, 0.25) is 0 Å². The van der Waals surface area contributed by atoms with Gasteiger partial charge in [0.25, 0.3) is 0 Å². The Labute approximate surface area is 165 Å². The molecule has 0 radical (unpaired) electrons. The zero-order valence-corrected chi connectivity index (χ0v) is 15.8. The molecule has 1 aliphatic rings. The molecule has 1 aromatic carbocycles. The van der Waals surface area contributed by atoms with Crippen molar-refractivity contribution in [2.24, 2.45) is 0 Å². The number of halogens is 3. The smallest absolute Gasteiger partial charge is 0.449 e. The van der Waals surface area contributed by atoms with Crippen molar-refractivity contribution in [1.82, 2.24) is 5.32 Å². The third-order valence-corrected chi connectivity index (χ3v) is 3.80. The molecular weight excluding hydrogens is 311 g/mol. The van der Waals surface area contributed by atoms with Gasteiger partial charge in [-0.05, 0) is 24.6 Å². The van der Waals surface area contributed by atoms with Crippen LogP contribution in [0, 0.1) is 6.92 Å². The first-order valence-electron chi connectivity index (χ1n) is 6.36. The van der Waals surface area contributed by atoms with Crippen molar-refractivity contribution < 1.29 is 64.3 Å². The number of benzene rings is 1. The summed E-state index contributed by atoms with van der Waals surface area (Å²) in [6.07, 6.45) is -0.840. The van der Waals surface area contributed by atoms with Crippen molar-refractivity contribution >= 4 is 25.3 Å². The molecule has 0 bridgehead atoms. The molecule has 0 atom stereocenters. The Kier molecular flexibility index (Phi) is 7.45. The van der Waals surface area contributed by atoms with Gasteiger partial charge in [-0.25, -0.2) is 0 Å². The van der Waals surface area contributed by atoms with Gasteiger partial charge in [-0.1, -0.05) is 11.9 Å². The van der Waals surface area contributed by atoms with Gasteiger partial charge in [0.05, 0.1) is 0 Å². The fourth-order valence-corrected chi connectivity index (χ4v) is 2.64. The number of nitrogens with one attached hydrogen (secondary N) is 1. The molecule has 1 aliphatic heterocycles. The largest absolute Gasteiger partial charge is 1.00 e. The van der Waals surface area contributed by atoms with Crippen LogP contribution in [0.1, 0.15) is 11.1 Å². The van der Waals surface area contributed by atoms with Crippen LogP contribution in [0.25, 0.3) is 0 Å². The van der Waals surface area contributed by atoms with Crippen molar-refractivity contribution in [3.63, 3.8) is 0 Å². The molecule has 2 nitrogen and oxygen atoms in total. The molecule has 106 valence electrons. The van der Waals surface area contributed by atoms with Crippen molar-refractivity contribution in [2.75, 3.05) is 31.1 Å². The second-order valence-corrected chi connectivity index (χ2v) is 5.39. The number of piperazine rings is 1. The summed E-state index contributed by atoms with van der Waals surface area (Å²) in [4.78, 5) is 2.75. The zero-order chi connectivity index (χ0) is 14.0. The Hall–Kier alpha value is 0.821. The van der Waals surface area contributed by atoms with E-state index in [1.54, 1.807) is 6.07 Å². The maximum Gasteiger partial charge on any atom is 1.00 e. The summed E-state index contributed by atoms with van der Waals surface area (Å²) in [5.74, 6) is 0. The zero-order valence-electron chi connectivity index (χ0n) is 11.8. The van der Waals surface area contributed by atoms with Gasteiger partial charge < -0.3 is 23.2 Å². The summed E-state index contributed by atoms with van der Waals surface area (Å²) in [7, 11) is 0. The topological polar surface area (TPSA) is 15.3 Å².